The molecule has 4 nitrogen and oxygen atoms in total. The number of hydrogen-bond donors (Lipinski definition) is 2. The van der Waals surface area contributed by atoms with Crippen molar-refractivity contribution in [2.45, 2.75) is 6.92 Å². The van der Waals surface area contributed by atoms with Gasteiger partial charge in [0.15, 0.2) is 5.78 Å². The molecule has 0 aliphatic rings. The van der Waals surface area contributed by atoms with Crippen molar-refractivity contribution in [3.8, 4) is 0 Å². The van der Waals surface area contributed by atoms with Crippen molar-refractivity contribution >= 4 is 11.8 Å². The number of allylic oxidation sites excluding steroid dienone is 1. The van der Waals surface area contributed by atoms with Crippen molar-refractivity contribution < 1.29 is 14.7 Å². The third-order valence-electron chi connectivity index (χ3n) is 0.689. The molecule has 0 fully saturated rings. The second-order valence-electron chi connectivity index (χ2n) is 1.72. The van der Waals surface area contributed by atoms with Gasteiger partial charge in [0.05, 0.1) is 0 Å². The molecule has 0 heterocycles. The van der Waals surface area contributed by atoms with Gasteiger partial charge >= 0.3 is 5.97 Å². The van der Waals surface area contributed by atoms with E-state index in [1.807, 2.05) is 0 Å². The van der Waals surface area contributed by atoms with Gasteiger partial charge in [0, 0.05) is 6.20 Å². The highest BCUT2D eigenvalue weighted by Gasteiger charge is 1.89. The minimum atomic E-state index is -0.951. The van der Waals surface area contributed by atoms with E-state index in [1.165, 1.54) is 19.2 Å². The molecule has 4 heteroatoms. The third kappa shape index (κ3) is 6.68. The van der Waals surface area contributed by atoms with Crippen LogP contribution in [-0.4, -0.2) is 23.4 Å². The lowest BCUT2D eigenvalue weighted by Gasteiger charge is -1.90. The molecule has 0 amide bonds. The van der Waals surface area contributed by atoms with Crippen LogP contribution in [0.1, 0.15) is 6.92 Å². The largest absolute Gasteiger partial charge is 0.480 e. The van der Waals surface area contributed by atoms with E-state index in [0.717, 1.165) is 0 Å². The predicted octanol–water partition coefficient (Wildman–Crippen LogP) is -0.237. The van der Waals surface area contributed by atoms with Crippen LogP contribution < -0.4 is 5.32 Å². The van der Waals surface area contributed by atoms with Gasteiger partial charge in [-0.15, -0.1) is 0 Å². The van der Waals surface area contributed by atoms with Crippen LogP contribution in [0.2, 0.25) is 0 Å². The number of nitrogens with one attached hydrogen (secondary N) is 1. The minimum absolute atomic E-state index is 0.113. The molecule has 0 saturated carbocycles. The number of aliphatic carboxylic acids is 1. The monoisotopic (exact) mass is 143 g/mol. The maximum Gasteiger partial charge on any atom is 0.322 e. The van der Waals surface area contributed by atoms with Gasteiger partial charge in [-0.2, -0.15) is 0 Å². The molecule has 0 aliphatic carbocycles. The van der Waals surface area contributed by atoms with Gasteiger partial charge in [-0.25, -0.2) is 0 Å². The Labute approximate surface area is 58.5 Å². The van der Waals surface area contributed by atoms with Gasteiger partial charge in [0.2, 0.25) is 0 Å². The summed E-state index contributed by atoms with van der Waals surface area (Å²) in [4.78, 5) is 20.1. The molecule has 0 aromatic heterocycles. The SMILES string of the molecule is CC(=O)C=CNCC(=O)O. The van der Waals surface area contributed by atoms with E-state index in [4.69, 9.17) is 5.11 Å². The summed E-state index contributed by atoms with van der Waals surface area (Å²) in [5.41, 5.74) is 0. The van der Waals surface area contributed by atoms with E-state index in [9.17, 15) is 9.59 Å². The molecule has 0 bridgehead atoms. The molecule has 56 valence electrons. The van der Waals surface area contributed by atoms with E-state index < -0.39 is 5.97 Å². The first-order valence-electron chi connectivity index (χ1n) is 2.75. The number of rotatable bonds is 4. The zero-order valence-electron chi connectivity index (χ0n) is 5.63. The molecule has 0 saturated heterocycles. The lowest BCUT2D eigenvalue weighted by atomic mass is 10.4. The van der Waals surface area contributed by atoms with E-state index in [1.54, 1.807) is 0 Å². The molecule has 0 atom stereocenters. The van der Waals surface area contributed by atoms with Gasteiger partial charge in [-0.3, -0.25) is 9.59 Å². The molecule has 0 spiro atoms. The Morgan fingerprint density at radius 3 is 2.60 bits per heavy atom. The Kier molecular flexibility index (Phi) is 3.95. The summed E-state index contributed by atoms with van der Waals surface area (Å²) in [6.45, 7) is 1.22. The Bertz CT molecular complexity index is 162. The van der Waals surface area contributed by atoms with Gasteiger partial charge in [0.1, 0.15) is 6.54 Å². The summed E-state index contributed by atoms with van der Waals surface area (Å²) in [6, 6.07) is 0. The maximum atomic E-state index is 10.2. The zero-order chi connectivity index (χ0) is 7.98. The lowest BCUT2D eigenvalue weighted by Crippen LogP contribution is -2.16. The summed E-state index contributed by atoms with van der Waals surface area (Å²) in [6.07, 6.45) is 2.58. The Hall–Kier alpha value is -1.32. The van der Waals surface area contributed by atoms with E-state index >= 15 is 0 Å². The summed E-state index contributed by atoms with van der Waals surface area (Å²) in [7, 11) is 0. The average Bonchev–Trinajstić information content (AvgIpc) is 1.79. The Balaban J connectivity index is 3.36. The fraction of sp³-hybridized carbons (Fsp3) is 0.333. The van der Waals surface area contributed by atoms with E-state index in [2.05, 4.69) is 5.32 Å². The van der Waals surface area contributed by atoms with Crippen LogP contribution in [0.4, 0.5) is 0 Å². The molecule has 0 rings (SSSR count). The quantitative estimate of drug-likeness (QED) is 0.533. The fourth-order valence-electron chi connectivity index (χ4n) is 0.323. The molecule has 2 N–H and O–H groups in total. The molecule has 0 aromatic rings. The standard InChI is InChI=1S/C6H9NO3/c1-5(8)2-3-7-4-6(9)10/h2-3,7H,4H2,1H3,(H,9,10). The topological polar surface area (TPSA) is 66.4 Å². The Morgan fingerprint density at radius 1 is 1.60 bits per heavy atom. The molecule has 0 radical (unpaired) electrons. The van der Waals surface area contributed by atoms with Crippen molar-refractivity contribution in [1.82, 2.24) is 5.32 Å². The van der Waals surface area contributed by atoms with E-state index in [0.29, 0.717) is 0 Å². The van der Waals surface area contributed by atoms with E-state index in [-0.39, 0.29) is 12.3 Å². The normalized spacial score (nSPS) is 9.70. The molecule has 0 unspecified atom stereocenters. The fourth-order valence-corrected chi connectivity index (χ4v) is 0.323. The highest BCUT2D eigenvalue weighted by Crippen LogP contribution is 1.70. The molecule has 0 aromatic carbocycles. The van der Waals surface area contributed by atoms with Crippen molar-refractivity contribution in [3.05, 3.63) is 12.3 Å². The van der Waals surface area contributed by atoms with Crippen LogP contribution in [0.3, 0.4) is 0 Å². The number of hydrogen-bond acceptors (Lipinski definition) is 3. The highest BCUT2D eigenvalue weighted by molar-refractivity contribution is 5.87. The first-order valence-corrected chi connectivity index (χ1v) is 2.75. The van der Waals surface area contributed by atoms with Crippen LogP contribution in [0, 0.1) is 0 Å². The third-order valence-corrected chi connectivity index (χ3v) is 0.689. The van der Waals surface area contributed by atoms with Crippen LogP contribution in [0.25, 0.3) is 0 Å². The van der Waals surface area contributed by atoms with Crippen molar-refractivity contribution in [1.29, 1.82) is 0 Å². The second kappa shape index (κ2) is 4.55. The van der Waals surface area contributed by atoms with Crippen LogP contribution in [0.15, 0.2) is 12.3 Å². The Morgan fingerprint density at radius 2 is 2.20 bits per heavy atom. The number of ketones is 1. The smallest absolute Gasteiger partial charge is 0.322 e. The predicted molar refractivity (Wildman–Crippen MR) is 35.5 cm³/mol. The number of carbonyl (C=O) groups excluding carboxylic acids is 1. The van der Waals surface area contributed by atoms with Gasteiger partial charge < -0.3 is 10.4 Å². The zero-order valence-corrected chi connectivity index (χ0v) is 5.63. The molecule has 10 heavy (non-hydrogen) atoms. The maximum absolute atomic E-state index is 10.2. The van der Waals surface area contributed by atoms with Gasteiger partial charge in [-0.1, -0.05) is 0 Å². The summed E-state index contributed by atoms with van der Waals surface area (Å²) in [5, 5.41) is 10.5. The van der Waals surface area contributed by atoms with Crippen LogP contribution in [0.5, 0.6) is 0 Å². The second-order valence-corrected chi connectivity index (χ2v) is 1.72. The van der Waals surface area contributed by atoms with Crippen LogP contribution >= 0.6 is 0 Å². The molecular formula is C6H9NO3. The summed E-state index contributed by atoms with van der Waals surface area (Å²) in [5.74, 6) is -1.06. The van der Waals surface area contributed by atoms with Crippen molar-refractivity contribution in [3.63, 3.8) is 0 Å². The summed E-state index contributed by atoms with van der Waals surface area (Å²) < 4.78 is 0. The number of carboxylic acid groups (broad SMARTS) is 1. The first-order chi connectivity index (χ1) is 4.63. The number of carboxylic acids is 1. The number of carbonyl (C=O) groups is 2. The van der Waals surface area contributed by atoms with Gasteiger partial charge in [0.25, 0.3) is 0 Å². The van der Waals surface area contributed by atoms with Crippen molar-refractivity contribution in [2.75, 3.05) is 6.54 Å². The highest BCUT2D eigenvalue weighted by atomic mass is 16.4. The first kappa shape index (κ1) is 8.68. The minimum Gasteiger partial charge on any atom is -0.480 e. The average molecular weight is 143 g/mol. The van der Waals surface area contributed by atoms with Gasteiger partial charge in [-0.05, 0) is 13.0 Å². The summed E-state index contributed by atoms with van der Waals surface area (Å²) >= 11 is 0. The molecule has 0 aliphatic heterocycles. The lowest BCUT2D eigenvalue weighted by molar-refractivity contribution is -0.135. The molecular weight excluding hydrogens is 134 g/mol. The van der Waals surface area contributed by atoms with Crippen molar-refractivity contribution in [2.24, 2.45) is 0 Å². The van der Waals surface area contributed by atoms with Crippen LogP contribution in [-0.2, 0) is 9.59 Å².